The fourth-order valence-electron chi connectivity index (χ4n) is 4.08. The van der Waals surface area contributed by atoms with Crippen molar-refractivity contribution < 1.29 is 9.21 Å². The van der Waals surface area contributed by atoms with Crippen molar-refractivity contribution in [2.24, 2.45) is 0 Å². The lowest BCUT2D eigenvalue weighted by Crippen LogP contribution is -2.47. The molecular weight excluding hydrogens is 280 g/mol. The number of carbonyl (C=O) groups is 1. The van der Waals surface area contributed by atoms with E-state index in [2.05, 4.69) is 15.0 Å². The van der Waals surface area contributed by atoms with Gasteiger partial charge < -0.3 is 9.32 Å². The molecule has 4 rings (SSSR count). The van der Waals surface area contributed by atoms with Gasteiger partial charge in [-0.2, -0.15) is 5.10 Å². The Kier molecular flexibility index (Phi) is 3.06. The third-order valence-corrected chi connectivity index (χ3v) is 5.02. The molecule has 2 bridgehead atoms. The lowest BCUT2D eigenvalue weighted by Gasteiger charge is -2.38. The molecule has 2 aliphatic heterocycles. The van der Waals surface area contributed by atoms with Crippen molar-refractivity contribution in [1.29, 1.82) is 0 Å². The number of hydrogen-bond donors (Lipinski definition) is 0. The summed E-state index contributed by atoms with van der Waals surface area (Å²) in [5, 5.41) is 4.27. The first-order valence-corrected chi connectivity index (χ1v) is 7.87. The Balaban J connectivity index is 1.58. The molecule has 0 aromatic carbocycles. The van der Waals surface area contributed by atoms with Crippen LogP contribution in [0.2, 0.25) is 0 Å². The molecule has 0 aliphatic carbocycles. The first-order valence-electron chi connectivity index (χ1n) is 7.87. The molecule has 2 saturated heterocycles. The van der Waals surface area contributed by atoms with Crippen LogP contribution in [0.1, 0.15) is 53.6 Å². The molecule has 0 spiro atoms. The fourth-order valence-corrected chi connectivity index (χ4v) is 4.08. The van der Waals surface area contributed by atoms with Crippen LogP contribution in [0.15, 0.2) is 23.1 Å². The molecule has 2 aromatic heterocycles. The predicted molar refractivity (Wildman–Crippen MR) is 79.5 cm³/mol. The van der Waals surface area contributed by atoms with Crippen molar-refractivity contribution in [2.75, 3.05) is 0 Å². The number of piperidine rings is 1. The highest BCUT2D eigenvalue weighted by Gasteiger charge is 2.44. The normalized spacial score (nSPS) is 27.4. The van der Waals surface area contributed by atoms with E-state index in [1.165, 1.54) is 0 Å². The van der Waals surface area contributed by atoms with Crippen LogP contribution in [0.3, 0.4) is 0 Å². The number of nitrogens with zero attached hydrogens (tertiary/aromatic N) is 4. The van der Waals surface area contributed by atoms with E-state index < -0.39 is 0 Å². The molecule has 6 heteroatoms. The zero-order valence-corrected chi connectivity index (χ0v) is 12.9. The zero-order valence-electron chi connectivity index (χ0n) is 12.9. The van der Waals surface area contributed by atoms with Crippen LogP contribution in [0.5, 0.6) is 0 Å². The maximum Gasteiger partial charge on any atom is 0.257 e. The summed E-state index contributed by atoms with van der Waals surface area (Å²) in [5.41, 5.74) is 0.716. The van der Waals surface area contributed by atoms with Crippen LogP contribution in [0.25, 0.3) is 0 Å². The van der Waals surface area contributed by atoms with Crippen molar-refractivity contribution in [2.45, 2.75) is 57.7 Å². The molecule has 6 nitrogen and oxygen atoms in total. The maximum absolute atomic E-state index is 12.9. The van der Waals surface area contributed by atoms with E-state index in [1.54, 1.807) is 12.7 Å². The highest BCUT2D eigenvalue weighted by Crippen LogP contribution is 2.41. The highest BCUT2D eigenvalue weighted by molar-refractivity contribution is 5.96. The van der Waals surface area contributed by atoms with Crippen LogP contribution in [0.4, 0.5) is 0 Å². The Morgan fingerprint density at radius 1 is 1.23 bits per heavy atom. The summed E-state index contributed by atoms with van der Waals surface area (Å²) in [4.78, 5) is 19.0. The predicted octanol–water partition coefficient (Wildman–Crippen LogP) is 2.50. The van der Waals surface area contributed by atoms with Gasteiger partial charge >= 0.3 is 0 Å². The number of rotatable bonds is 2. The summed E-state index contributed by atoms with van der Waals surface area (Å²) in [6.07, 6.45) is 7.44. The van der Waals surface area contributed by atoms with Crippen molar-refractivity contribution >= 4 is 5.91 Å². The second-order valence-corrected chi connectivity index (χ2v) is 6.43. The van der Waals surface area contributed by atoms with Gasteiger partial charge in [0.2, 0.25) is 0 Å². The number of hydrogen-bond acceptors (Lipinski definition) is 4. The van der Waals surface area contributed by atoms with Crippen LogP contribution in [-0.2, 0) is 0 Å². The van der Waals surface area contributed by atoms with Crippen LogP contribution in [-0.4, -0.2) is 37.7 Å². The number of fused-ring (bicyclic) bond motifs is 2. The maximum atomic E-state index is 12.9. The molecule has 116 valence electrons. The summed E-state index contributed by atoms with van der Waals surface area (Å²) in [7, 11) is 0. The Morgan fingerprint density at radius 2 is 1.95 bits per heavy atom. The van der Waals surface area contributed by atoms with E-state index in [4.69, 9.17) is 4.42 Å². The third kappa shape index (κ3) is 2.05. The van der Waals surface area contributed by atoms with E-state index in [-0.39, 0.29) is 5.91 Å². The molecule has 0 saturated carbocycles. The van der Waals surface area contributed by atoms with Gasteiger partial charge in [0.05, 0.1) is 11.6 Å². The summed E-state index contributed by atoms with van der Waals surface area (Å²) in [6.45, 7) is 3.75. The van der Waals surface area contributed by atoms with Crippen molar-refractivity contribution in [3.05, 3.63) is 35.8 Å². The van der Waals surface area contributed by atoms with E-state index >= 15 is 0 Å². The Bertz CT molecular complexity index is 677. The quantitative estimate of drug-likeness (QED) is 0.855. The van der Waals surface area contributed by atoms with Crippen molar-refractivity contribution in [3.8, 4) is 0 Å². The van der Waals surface area contributed by atoms with Gasteiger partial charge in [0.15, 0.2) is 0 Å². The highest BCUT2D eigenvalue weighted by atomic mass is 16.3. The van der Waals surface area contributed by atoms with E-state index in [9.17, 15) is 4.79 Å². The minimum absolute atomic E-state index is 0.124. The molecular formula is C16H20N4O2. The standard InChI is InChI=1S/C16H20N4O2/c1-10-5-15(11(2)22-10)16(21)20-12-3-4-13(20)7-14(6-12)19-9-17-8-18-19/h5,8-9,12-14H,3-4,6-7H2,1-2H3. The van der Waals surface area contributed by atoms with Crippen molar-refractivity contribution in [1.82, 2.24) is 19.7 Å². The van der Waals surface area contributed by atoms with E-state index in [1.807, 2.05) is 24.6 Å². The van der Waals surface area contributed by atoms with Crippen molar-refractivity contribution in [3.63, 3.8) is 0 Å². The lowest BCUT2D eigenvalue weighted by molar-refractivity contribution is 0.0522. The first kappa shape index (κ1) is 13.5. The molecule has 0 radical (unpaired) electrons. The zero-order chi connectivity index (χ0) is 15.3. The lowest BCUT2D eigenvalue weighted by atomic mass is 9.96. The second kappa shape index (κ2) is 4.97. The number of furan rings is 1. The topological polar surface area (TPSA) is 64.2 Å². The molecule has 2 aliphatic rings. The number of amides is 1. The Labute approximate surface area is 129 Å². The van der Waals surface area contributed by atoms with Gasteiger partial charge in [-0.05, 0) is 45.6 Å². The third-order valence-electron chi connectivity index (χ3n) is 5.02. The molecule has 2 aromatic rings. The summed E-state index contributed by atoms with van der Waals surface area (Å²) < 4.78 is 7.47. The SMILES string of the molecule is Cc1cc(C(=O)N2C3CCC2CC(n2cncn2)C3)c(C)o1. The van der Waals surface area contributed by atoms with Gasteiger partial charge in [-0.3, -0.25) is 4.79 Å². The number of aromatic nitrogens is 3. The van der Waals surface area contributed by atoms with Crippen LogP contribution < -0.4 is 0 Å². The van der Waals surface area contributed by atoms with Gasteiger partial charge in [0, 0.05) is 12.1 Å². The second-order valence-electron chi connectivity index (χ2n) is 6.43. The molecule has 2 atom stereocenters. The molecule has 2 fully saturated rings. The first-order chi connectivity index (χ1) is 10.6. The van der Waals surface area contributed by atoms with Gasteiger partial charge in [0.25, 0.3) is 5.91 Å². The van der Waals surface area contributed by atoms with E-state index in [0.29, 0.717) is 23.7 Å². The minimum atomic E-state index is 0.124. The molecule has 4 heterocycles. The van der Waals surface area contributed by atoms with Gasteiger partial charge in [0.1, 0.15) is 24.2 Å². The molecule has 0 N–H and O–H groups in total. The van der Waals surface area contributed by atoms with Gasteiger partial charge in [-0.25, -0.2) is 9.67 Å². The molecule has 22 heavy (non-hydrogen) atoms. The largest absolute Gasteiger partial charge is 0.466 e. The minimum Gasteiger partial charge on any atom is -0.466 e. The van der Waals surface area contributed by atoms with Gasteiger partial charge in [-0.1, -0.05) is 0 Å². The summed E-state index contributed by atoms with van der Waals surface area (Å²) in [6, 6.07) is 2.82. The van der Waals surface area contributed by atoms with Crippen LogP contribution >= 0.6 is 0 Å². The van der Waals surface area contributed by atoms with E-state index in [0.717, 1.165) is 37.2 Å². The molecule has 1 amide bonds. The Hall–Kier alpha value is -2.11. The number of carbonyl (C=O) groups excluding carboxylic acids is 1. The fraction of sp³-hybridized carbons (Fsp3) is 0.562. The molecule has 2 unspecified atom stereocenters. The summed E-state index contributed by atoms with van der Waals surface area (Å²) >= 11 is 0. The number of aryl methyl sites for hydroxylation is 2. The smallest absolute Gasteiger partial charge is 0.257 e. The summed E-state index contributed by atoms with van der Waals surface area (Å²) in [5.74, 6) is 1.64. The van der Waals surface area contributed by atoms with Gasteiger partial charge in [-0.15, -0.1) is 0 Å². The van der Waals surface area contributed by atoms with Crippen LogP contribution in [0, 0.1) is 13.8 Å². The average Bonchev–Trinajstić information content (AvgIpc) is 3.18. The average molecular weight is 300 g/mol. The Morgan fingerprint density at radius 3 is 2.50 bits per heavy atom. The monoisotopic (exact) mass is 300 g/mol.